The number of carbonyl (C=O) groups is 1. The van der Waals surface area contributed by atoms with Gasteiger partial charge in [0.1, 0.15) is 12.7 Å². The summed E-state index contributed by atoms with van der Waals surface area (Å²) in [5.74, 6) is -0.245. The summed E-state index contributed by atoms with van der Waals surface area (Å²) in [7, 11) is 1.55. The molecule has 1 saturated heterocycles. The van der Waals surface area contributed by atoms with Gasteiger partial charge in [0.05, 0.1) is 6.61 Å². The average molecular weight is 157 g/mol. The number of hydroxylamine groups is 2. The van der Waals surface area contributed by atoms with Gasteiger partial charge in [-0.2, -0.15) is 0 Å². The van der Waals surface area contributed by atoms with Crippen molar-refractivity contribution < 1.29 is 14.4 Å². The van der Waals surface area contributed by atoms with Crippen LogP contribution < -0.4 is 0 Å². The number of amides is 1. The maximum atomic E-state index is 10.8. The van der Waals surface area contributed by atoms with E-state index in [9.17, 15) is 4.79 Å². The van der Waals surface area contributed by atoms with Crippen molar-refractivity contribution >= 4 is 5.91 Å². The van der Waals surface area contributed by atoms with Crippen LogP contribution in [0.15, 0.2) is 12.7 Å². The SMILES string of the molecule is C=CC(=O)N(C)OCC1CO1. The van der Waals surface area contributed by atoms with Gasteiger partial charge in [0.25, 0.3) is 5.91 Å². The van der Waals surface area contributed by atoms with Gasteiger partial charge in [-0.3, -0.25) is 9.63 Å². The quantitative estimate of drug-likeness (QED) is 0.327. The predicted molar refractivity (Wildman–Crippen MR) is 38.7 cm³/mol. The Bertz CT molecular complexity index is 165. The molecule has 0 aromatic carbocycles. The number of nitrogens with zero attached hydrogens (tertiary/aromatic N) is 1. The molecule has 4 nitrogen and oxygen atoms in total. The second-order valence-corrected chi connectivity index (χ2v) is 2.29. The third-order valence-corrected chi connectivity index (χ3v) is 1.34. The molecule has 62 valence electrons. The Hall–Kier alpha value is -0.870. The van der Waals surface area contributed by atoms with Crippen LogP contribution in [0.5, 0.6) is 0 Å². The second-order valence-electron chi connectivity index (χ2n) is 2.29. The molecule has 1 aliphatic heterocycles. The molecule has 1 rings (SSSR count). The van der Waals surface area contributed by atoms with Crippen molar-refractivity contribution in [3.8, 4) is 0 Å². The lowest BCUT2D eigenvalue weighted by molar-refractivity contribution is -0.173. The molecule has 0 aromatic heterocycles. The molecule has 11 heavy (non-hydrogen) atoms. The molecule has 1 aliphatic rings. The summed E-state index contributed by atoms with van der Waals surface area (Å²) in [6, 6.07) is 0. The van der Waals surface area contributed by atoms with Crippen molar-refractivity contribution in [1.29, 1.82) is 0 Å². The van der Waals surface area contributed by atoms with E-state index in [1.54, 1.807) is 7.05 Å². The van der Waals surface area contributed by atoms with E-state index in [2.05, 4.69) is 6.58 Å². The standard InChI is InChI=1S/C7H11NO3/c1-3-7(9)8(2)11-5-6-4-10-6/h3,6H,1,4-5H2,2H3. The van der Waals surface area contributed by atoms with Crippen molar-refractivity contribution in [3.05, 3.63) is 12.7 Å². The first-order valence-corrected chi connectivity index (χ1v) is 3.38. The fourth-order valence-electron chi connectivity index (χ4n) is 0.551. The summed E-state index contributed by atoms with van der Waals surface area (Å²) in [6.07, 6.45) is 1.38. The van der Waals surface area contributed by atoms with E-state index in [1.807, 2.05) is 0 Å². The lowest BCUT2D eigenvalue weighted by atomic mass is 10.5. The molecule has 0 spiro atoms. The maximum absolute atomic E-state index is 10.8. The molecule has 0 aromatic rings. The van der Waals surface area contributed by atoms with Crippen molar-refractivity contribution in [3.63, 3.8) is 0 Å². The van der Waals surface area contributed by atoms with E-state index in [-0.39, 0.29) is 12.0 Å². The Kier molecular flexibility index (Phi) is 2.62. The van der Waals surface area contributed by atoms with Crippen LogP contribution in [0.3, 0.4) is 0 Å². The van der Waals surface area contributed by atoms with E-state index >= 15 is 0 Å². The highest BCUT2D eigenvalue weighted by molar-refractivity contribution is 5.85. The second kappa shape index (κ2) is 3.50. The number of hydrogen-bond acceptors (Lipinski definition) is 3. The van der Waals surface area contributed by atoms with Crippen LogP contribution in [-0.2, 0) is 14.4 Å². The number of ether oxygens (including phenoxy) is 1. The minimum absolute atomic E-state index is 0.176. The highest BCUT2D eigenvalue weighted by Gasteiger charge is 2.23. The molecule has 0 N–H and O–H groups in total. The van der Waals surface area contributed by atoms with Gasteiger partial charge in [-0.05, 0) is 6.08 Å². The van der Waals surface area contributed by atoms with Gasteiger partial charge in [0.2, 0.25) is 0 Å². The van der Waals surface area contributed by atoms with Crippen LogP contribution in [0.1, 0.15) is 0 Å². The van der Waals surface area contributed by atoms with Crippen molar-refractivity contribution in [2.45, 2.75) is 6.10 Å². The zero-order valence-electron chi connectivity index (χ0n) is 6.45. The van der Waals surface area contributed by atoms with E-state index in [0.717, 1.165) is 11.7 Å². The Balaban J connectivity index is 2.12. The number of likely N-dealkylation sites (N-methyl/N-ethyl adjacent to an activating group) is 1. The fraction of sp³-hybridized carbons (Fsp3) is 0.571. The van der Waals surface area contributed by atoms with Crippen LogP contribution in [0.4, 0.5) is 0 Å². The van der Waals surface area contributed by atoms with Gasteiger partial charge in [-0.25, -0.2) is 5.06 Å². The van der Waals surface area contributed by atoms with Crippen molar-refractivity contribution in [2.24, 2.45) is 0 Å². The lowest BCUT2D eigenvalue weighted by Crippen LogP contribution is -2.26. The van der Waals surface area contributed by atoms with Crippen molar-refractivity contribution in [2.75, 3.05) is 20.3 Å². The third-order valence-electron chi connectivity index (χ3n) is 1.34. The van der Waals surface area contributed by atoms with Gasteiger partial charge < -0.3 is 4.74 Å². The highest BCUT2D eigenvalue weighted by atomic mass is 16.7. The van der Waals surface area contributed by atoms with Crippen molar-refractivity contribution in [1.82, 2.24) is 5.06 Å². The number of rotatable bonds is 4. The molecule has 0 radical (unpaired) electrons. The Morgan fingerprint density at radius 1 is 2.00 bits per heavy atom. The smallest absolute Gasteiger partial charge is 0.269 e. The minimum atomic E-state index is -0.245. The minimum Gasteiger partial charge on any atom is -0.371 e. The molecule has 1 heterocycles. The van der Waals surface area contributed by atoms with Crippen LogP contribution in [0.25, 0.3) is 0 Å². The molecular formula is C7H11NO3. The number of carbonyl (C=O) groups excluding carboxylic acids is 1. The average Bonchev–Trinajstić information content (AvgIpc) is 2.81. The molecule has 4 heteroatoms. The van der Waals surface area contributed by atoms with Gasteiger partial charge in [-0.1, -0.05) is 6.58 Å². The van der Waals surface area contributed by atoms with E-state index < -0.39 is 0 Å². The Morgan fingerprint density at radius 3 is 3.09 bits per heavy atom. The van der Waals surface area contributed by atoms with Gasteiger partial charge in [0.15, 0.2) is 0 Å². The van der Waals surface area contributed by atoms with Gasteiger partial charge >= 0.3 is 0 Å². The van der Waals surface area contributed by atoms with E-state index in [4.69, 9.17) is 9.57 Å². The van der Waals surface area contributed by atoms with E-state index in [0.29, 0.717) is 6.61 Å². The zero-order chi connectivity index (χ0) is 8.27. The van der Waals surface area contributed by atoms with E-state index in [1.165, 1.54) is 6.08 Å². The monoisotopic (exact) mass is 157 g/mol. The van der Waals surface area contributed by atoms with Crippen LogP contribution in [0.2, 0.25) is 0 Å². The molecule has 1 amide bonds. The molecular weight excluding hydrogens is 146 g/mol. The van der Waals surface area contributed by atoms with Gasteiger partial charge in [0, 0.05) is 7.05 Å². The first kappa shape index (κ1) is 8.23. The largest absolute Gasteiger partial charge is 0.371 e. The summed E-state index contributed by atoms with van der Waals surface area (Å²) in [6.45, 7) is 4.49. The maximum Gasteiger partial charge on any atom is 0.269 e. The molecule has 1 unspecified atom stereocenters. The number of epoxide rings is 1. The molecule has 1 fully saturated rings. The summed E-state index contributed by atoms with van der Waals surface area (Å²) in [5, 5.41) is 1.15. The lowest BCUT2D eigenvalue weighted by Gasteiger charge is -2.12. The fourth-order valence-corrected chi connectivity index (χ4v) is 0.551. The van der Waals surface area contributed by atoms with Crippen LogP contribution in [0, 0.1) is 0 Å². The van der Waals surface area contributed by atoms with Crippen LogP contribution in [-0.4, -0.2) is 37.3 Å². The molecule has 0 saturated carbocycles. The summed E-state index contributed by atoms with van der Waals surface area (Å²) in [4.78, 5) is 15.8. The Morgan fingerprint density at radius 2 is 2.64 bits per heavy atom. The topological polar surface area (TPSA) is 42.1 Å². The molecule has 1 atom stereocenters. The van der Waals surface area contributed by atoms with Gasteiger partial charge in [-0.15, -0.1) is 0 Å². The normalized spacial score (nSPS) is 21.0. The zero-order valence-corrected chi connectivity index (χ0v) is 6.45. The first-order chi connectivity index (χ1) is 5.24. The molecule has 0 bridgehead atoms. The predicted octanol–water partition coefficient (Wildman–Crippen LogP) is -0.0388. The molecule has 0 aliphatic carbocycles. The number of hydrogen-bond donors (Lipinski definition) is 0. The third kappa shape index (κ3) is 2.69. The summed E-state index contributed by atoms with van der Waals surface area (Å²) < 4.78 is 4.88. The highest BCUT2D eigenvalue weighted by Crippen LogP contribution is 2.08. The summed E-state index contributed by atoms with van der Waals surface area (Å²) in [5.41, 5.74) is 0. The van der Waals surface area contributed by atoms with Crippen LogP contribution >= 0.6 is 0 Å². The Labute approximate surface area is 65.3 Å². The first-order valence-electron chi connectivity index (χ1n) is 3.38. The summed E-state index contributed by atoms with van der Waals surface area (Å²) >= 11 is 0.